The maximum Gasteiger partial charge on any atom is 0.0336 e. The molecule has 0 aromatic heterocycles. The Kier molecular flexibility index (Phi) is 4.60. The second-order valence-electron chi connectivity index (χ2n) is 4.50. The van der Waals surface area contributed by atoms with E-state index in [4.69, 9.17) is 5.73 Å². The van der Waals surface area contributed by atoms with Crippen LogP contribution in [0.5, 0.6) is 0 Å². The van der Waals surface area contributed by atoms with E-state index in [0.29, 0.717) is 0 Å². The van der Waals surface area contributed by atoms with E-state index in [9.17, 15) is 0 Å². The minimum atomic E-state index is 0.0300. The fourth-order valence-corrected chi connectivity index (χ4v) is 2.86. The van der Waals surface area contributed by atoms with Crippen molar-refractivity contribution in [2.24, 2.45) is 5.73 Å². The first-order valence-corrected chi connectivity index (χ1v) is 7.40. The number of rotatable bonds is 3. The molecule has 2 aromatic rings. The fourth-order valence-electron chi connectivity index (χ4n) is 1.97. The maximum absolute atomic E-state index is 6.27. The monoisotopic (exact) mass is 367 g/mol. The van der Waals surface area contributed by atoms with Gasteiger partial charge < -0.3 is 5.73 Å². The van der Waals surface area contributed by atoms with Crippen LogP contribution < -0.4 is 5.73 Å². The van der Waals surface area contributed by atoms with Crippen molar-refractivity contribution in [2.45, 2.75) is 19.4 Å². The van der Waals surface area contributed by atoms with E-state index in [1.54, 1.807) is 0 Å². The molecule has 2 aromatic carbocycles. The molecule has 0 saturated carbocycles. The van der Waals surface area contributed by atoms with Crippen molar-refractivity contribution in [2.75, 3.05) is 0 Å². The average molecular weight is 369 g/mol. The molecular formula is C15H15Br2N. The van der Waals surface area contributed by atoms with Crippen LogP contribution in [0.1, 0.15) is 22.7 Å². The third-order valence-electron chi connectivity index (χ3n) is 2.86. The van der Waals surface area contributed by atoms with Crippen LogP contribution in [0.3, 0.4) is 0 Å². The lowest BCUT2D eigenvalue weighted by Crippen LogP contribution is -2.13. The molecule has 0 saturated heterocycles. The summed E-state index contributed by atoms with van der Waals surface area (Å²) in [5, 5.41) is 0. The highest BCUT2D eigenvalue weighted by atomic mass is 79.9. The predicted octanol–water partition coefficient (Wildman–Crippen LogP) is 4.76. The molecule has 0 fully saturated rings. The lowest BCUT2D eigenvalue weighted by Gasteiger charge is -2.13. The van der Waals surface area contributed by atoms with Gasteiger partial charge in [-0.1, -0.05) is 50.1 Å². The van der Waals surface area contributed by atoms with Gasteiger partial charge in [0.15, 0.2) is 0 Å². The smallest absolute Gasteiger partial charge is 0.0336 e. The van der Waals surface area contributed by atoms with Crippen molar-refractivity contribution in [1.29, 1.82) is 0 Å². The lowest BCUT2D eigenvalue weighted by atomic mass is 9.98. The molecule has 0 amide bonds. The van der Waals surface area contributed by atoms with Gasteiger partial charge in [0.2, 0.25) is 0 Å². The maximum atomic E-state index is 6.27. The molecule has 0 aliphatic heterocycles. The van der Waals surface area contributed by atoms with Gasteiger partial charge in [0.25, 0.3) is 0 Å². The molecule has 0 spiro atoms. The van der Waals surface area contributed by atoms with Crippen LogP contribution in [-0.2, 0) is 6.42 Å². The zero-order valence-electron chi connectivity index (χ0n) is 10.2. The SMILES string of the molecule is Cc1cc(Br)cc(C(N)Cc2ccc(Br)cc2)c1. The van der Waals surface area contributed by atoms with E-state index in [1.165, 1.54) is 16.7 Å². The Balaban J connectivity index is 2.16. The molecule has 0 aliphatic rings. The number of hydrogen-bond donors (Lipinski definition) is 1. The van der Waals surface area contributed by atoms with Crippen molar-refractivity contribution in [1.82, 2.24) is 0 Å². The van der Waals surface area contributed by atoms with Gasteiger partial charge in [-0.25, -0.2) is 0 Å². The van der Waals surface area contributed by atoms with E-state index in [-0.39, 0.29) is 6.04 Å². The van der Waals surface area contributed by atoms with E-state index >= 15 is 0 Å². The van der Waals surface area contributed by atoms with Crippen molar-refractivity contribution >= 4 is 31.9 Å². The Bertz CT molecular complexity index is 514. The number of hydrogen-bond acceptors (Lipinski definition) is 1. The number of nitrogens with two attached hydrogens (primary N) is 1. The summed E-state index contributed by atoms with van der Waals surface area (Å²) in [5.74, 6) is 0. The summed E-state index contributed by atoms with van der Waals surface area (Å²) in [4.78, 5) is 0. The molecule has 1 unspecified atom stereocenters. The summed E-state index contributed by atoms with van der Waals surface area (Å²) in [7, 11) is 0. The third-order valence-corrected chi connectivity index (χ3v) is 3.85. The Morgan fingerprint density at radius 2 is 1.67 bits per heavy atom. The Morgan fingerprint density at radius 1 is 1.00 bits per heavy atom. The third kappa shape index (κ3) is 3.67. The van der Waals surface area contributed by atoms with Crippen LogP contribution >= 0.6 is 31.9 Å². The minimum Gasteiger partial charge on any atom is -0.324 e. The summed E-state index contributed by atoms with van der Waals surface area (Å²) in [6.07, 6.45) is 0.850. The first-order chi connectivity index (χ1) is 8.54. The van der Waals surface area contributed by atoms with Gasteiger partial charge in [-0.05, 0) is 54.3 Å². The van der Waals surface area contributed by atoms with Crippen molar-refractivity contribution < 1.29 is 0 Å². The van der Waals surface area contributed by atoms with Gasteiger partial charge in [-0.15, -0.1) is 0 Å². The van der Waals surface area contributed by atoms with E-state index in [2.05, 4.69) is 69.1 Å². The molecule has 2 rings (SSSR count). The first kappa shape index (κ1) is 13.8. The highest BCUT2D eigenvalue weighted by molar-refractivity contribution is 9.10. The van der Waals surface area contributed by atoms with Gasteiger partial charge in [0, 0.05) is 15.0 Å². The number of aryl methyl sites for hydroxylation is 1. The first-order valence-electron chi connectivity index (χ1n) is 5.82. The Labute approximate surface area is 125 Å². The van der Waals surface area contributed by atoms with E-state index in [0.717, 1.165) is 15.4 Å². The quantitative estimate of drug-likeness (QED) is 0.830. The Morgan fingerprint density at radius 3 is 2.28 bits per heavy atom. The molecule has 1 nitrogen and oxygen atoms in total. The molecule has 3 heteroatoms. The lowest BCUT2D eigenvalue weighted by molar-refractivity contribution is 0.720. The zero-order valence-corrected chi connectivity index (χ0v) is 13.3. The molecule has 2 N–H and O–H groups in total. The largest absolute Gasteiger partial charge is 0.324 e. The van der Waals surface area contributed by atoms with E-state index in [1.807, 2.05) is 12.1 Å². The van der Waals surface area contributed by atoms with Crippen LogP contribution in [0.4, 0.5) is 0 Å². The van der Waals surface area contributed by atoms with Crippen LogP contribution in [-0.4, -0.2) is 0 Å². The zero-order chi connectivity index (χ0) is 13.1. The molecule has 1 atom stereocenters. The van der Waals surface area contributed by atoms with Crippen LogP contribution in [0.2, 0.25) is 0 Å². The van der Waals surface area contributed by atoms with Gasteiger partial charge in [0.1, 0.15) is 0 Å². The molecule has 94 valence electrons. The standard InChI is InChI=1S/C15H15Br2N/c1-10-6-12(9-14(17)7-10)15(18)8-11-2-4-13(16)5-3-11/h2-7,9,15H,8,18H2,1H3. The predicted molar refractivity (Wildman–Crippen MR) is 83.7 cm³/mol. The van der Waals surface area contributed by atoms with Crippen molar-refractivity contribution in [3.8, 4) is 0 Å². The molecular weight excluding hydrogens is 354 g/mol. The number of halogens is 2. The summed E-state index contributed by atoms with van der Waals surface area (Å²) in [6, 6.07) is 14.7. The normalized spacial score (nSPS) is 12.4. The summed E-state index contributed by atoms with van der Waals surface area (Å²) in [6.45, 7) is 2.08. The Hall–Kier alpha value is -0.640. The van der Waals surface area contributed by atoms with Gasteiger partial charge >= 0.3 is 0 Å². The summed E-state index contributed by atoms with van der Waals surface area (Å²) in [5.41, 5.74) is 9.92. The summed E-state index contributed by atoms with van der Waals surface area (Å²) < 4.78 is 2.18. The van der Waals surface area contributed by atoms with Gasteiger partial charge in [-0.3, -0.25) is 0 Å². The highest BCUT2D eigenvalue weighted by Crippen LogP contribution is 2.22. The molecule has 0 heterocycles. The molecule has 0 bridgehead atoms. The van der Waals surface area contributed by atoms with Gasteiger partial charge in [-0.2, -0.15) is 0 Å². The van der Waals surface area contributed by atoms with Crippen molar-refractivity contribution in [3.05, 3.63) is 68.1 Å². The highest BCUT2D eigenvalue weighted by Gasteiger charge is 2.08. The second-order valence-corrected chi connectivity index (χ2v) is 6.33. The molecule has 0 radical (unpaired) electrons. The summed E-state index contributed by atoms with van der Waals surface area (Å²) >= 11 is 6.95. The topological polar surface area (TPSA) is 26.0 Å². The fraction of sp³-hybridized carbons (Fsp3) is 0.200. The van der Waals surface area contributed by atoms with Crippen LogP contribution in [0.25, 0.3) is 0 Å². The molecule has 0 aliphatic carbocycles. The minimum absolute atomic E-state index is 0.0300. The molecule has 18 heavy (non-hydrogen) atoms. The van der Waals surface area contributed by atoms with E-state index < -0.39 is 0 Å². The van der Waals surface area contributed by atoms with Gasteiger partial charge in [0.05, 0.1) is 0 Å². The van der Waals surface area contributed by atoms with Crippen LogP contribution in [0.15, 0.2) is 51.4 Å². The van der Waals surface area contributed by atoms with Crippen LogP contribution in [0, 0.1) is 6.92 Å². The number of benzene rings is 2. The average Bonchev–Trinajstić information content (AvgIpc) is 2.31. The second kappa shape index (κ2) is 6.00. The van der Waals surface area contributed by atoms with Crippen molar-refractivity contribution in [3.63, 3.8) is 0 Å².